The summed E-state index contributed by atoms with van der Waals surface area (Å²) in [5, 5.41) is 14.3. The molecular weight excluding hydrogens is 441 g/mol. The molecule has 1 aromatic rings. The first-order valence-corrected chi connectivity index (χ1v) is 10.4. The molecule has 1 fully saturated rings. The second-order valence-corrected chi connectivity index (χ2v) is 9.71. The van der Waals surface area contributed by atoms with Gasteiger partial charge in [0.2, 0.25) is 0 Å². The SMILES string of the molecule is CON=C1CC2[C@](C)(C(=O)O)CCC[C@]2(C)c2cc(I)c(C(C)C)cc21. The normalized spacial score (nSPS) is 32.3. The van der Waals surface area contributed by atoms with E-state index in [1.807, 2.05) is 6.92 Å². The van der Waals surface area contributed by atoms with Gasteiger partial charge >= 0.3 is 5.97 Å². The quantitative estimate of drug-likeness (QED) is 0.482. The molecule has 0 spiro atoms. The second kappa shape index (κ2) is 6.80. The fourth-order valence-corrected chi connectivity index (χ4v) is 6.24. The van der Waals surface area contributed by atoms with E-state index >= 15 is 0 Å². The maximum atomic E-state index is 12.2. The zero-order valence-electron chi connectivity index (χ0n) is 16.2. The van der Waals surface area contributed by atoms with Gasteiger partial charge in [0.1, 0.15) is 7.11 Å². The number of carboxylic acid groups (broad SMARTS) is 1. The number of nitrogens with zero attached hydrogens (tertiary/aromatic N) is 1. The van der Waals surface area contributed by atoms with Crippen molar-refractivity contribution >= 4 is 34.3 Å². The van der Waals surface area contributed by atoms with Crippen LogP contribution in [-0.2, 0) is 15.0 Å². The van der Waals surface area contributed by atoms with Gasteiger partial charge in [0.25, 0.3) is 0 Å². The number of fused-ring (bicyclic) bond motifs is 3. The molecule has 0 bridgehead atoms. The van der Waals surface area contributed by atoms with Gasteiger partial charge in [-0.25, -0.2) is 0 Å². The lowest BCUT2D eigenvalue weighted by molar-refractivity contribution is -0.156. The lowest BCUT2D eigenvalue weighted by Gasteiger charge is -2.53. The first kappa shape index (κ1) is 19.6. The monoisotopic (exact) mass is 469 g/mol. The van der Waals surface area contributed by atoms with Gasteiger partial charge < -0.3 is 9.94 Å². The molecule has 0 radical (unpaired) electrons. The first-order chi connectivity index (χ1) is 12.1. The molecule has 0 saturated heterocycles. The van der Waals surface area contributed by atoms with Crippen LogP contribution in [0.5, 0.6) is 0 Å². The lowest BCUT2D eigenvalue weighted by Crippen LogP contribution is -2.53. The maximum absolute atomic E-state index is 12.2. The van der Waals surface area contributed by atoms with E-state index in [1.54, 1.807) is 7.11 Å². The molecule has 1 N–H and O–H groups in total. The molecule has 2 aliphatic rings. The molecule has 3 rings (SSSR count). The summed E-state index contributed by atoms with van der Waals surface area (Å²) in [6.07, 6.45) is 3.33. The Labute approximate surface area is 169 Å². The van der Waals surface area contributed by atoms with Crippen LogP contribution < -0.4 is 0 Å². The summed E-state index contributed by atoms with van der Waals surface area (Å²) >= 11 is 2.42. The van der Waals surface area contributed by atoms with Crippen molar-refractivity contribution < 1.29 is 14.7 Å². The van der Waals surface area contributed by atoms with E-state index in [9.17, 15) is 9.90 Å². The third-order valence-corrected chi connectivity index (χ3v) is 7.64. The average Bonchev–Trinajstić information content (AvgIpc) is 2.56. The van der Waals surface area contributed by atoms with Crippen molar-refractivity contribution in [2.45, 2.75) is 64.7 Å². The van der Waals surface area contributed by atoms with Crippen LogP contribution in [0.1, 0.15) is 76.0 Å². The Morgan fingerprint density at radius 1 is 1.35 bits per heavy atom. The summed E-state index contributed by atoms with van der Waals surface area (Å²) in [6, 6.07) is 4.53. The van der Waals surface area contributed by atoms with Crippen molar-refractivity contribution in [3.63, 3.8) is 0 Å². The van der Waals surface area contributed by atoms with Gasteiger partial charge in [-0.05, 0) is 89.3 Å². The minimum Gasteiger partial charge on any atom is -0.481 e. The van der Waals surface area contributed by atoms with E-state index < -0.39 is 11.4 Å². The number of carbonyl (C=O) groups is 1. The minimum atomic E-state index is -0.735. The molecule has 26 heavy (non-hydrogen) atoms. The van der Waals surface area contributed by atoms with Crippen molar-refractivity contribution in [1.29, 1.82) is 0 Å². The van der Waals surface area contributed by atoms with Crippen LogP contribution in [0.15, 0.2) is 17.3 Å². The lowest BCUT2D eigenvalue weighted by atomic mass is 9.49. The summed E-state index contributed by atoms with van der Waals surface area (Å²) in [5.74, 6) is -0.248. The fraction of sp³-hybridized carbons (Fsp3) is 0.619. The zero-order chi connectivity index (χ0) is 19.3. The molecular formula is C21H28INO3. The summed E-state index contributed by atoms with van der Waals surface area (Å²) in [5.41, 5.74) is 3.70. The van der Waals surface area contributed by atoms with Gasteiger partial charge in [-0.15, -0.1) is 0 Å². The van der Waals surface area contributed by atoms with E-state index in [2.05, 4.69) is 60.7 Å². The molecule has 0 heterocycles. The third kappa shape index (κ3) is 2.86. The second-order valence-electron chi connectivity index (χ2n) is 8.54. The van der Waals surface area contributed by atoms with Crippen molar-refractivity contribution in [2.24, 2.45) is 16.5 Å². The number of hydrogen-bond donors (Lipinski definition) is 1. The summed E-state index contributed by atoms with van der Waals surface area (Å²) in [6.45, 7) is 8.57. The maximum Gasteiger partial charge on any atom is 0.309 e. The highest BCUT2D eigenvalue weighted by atomic mass is 127. The third-order valence-electron chi connectivity index (χ3n) is 6.70. The molecule has 4 nitrogen and oxygen atoms in total. The summed E-state index contributed by atoms with van der Waals surface area (Å²) in [7, 11) is 1.56. The first-order valence-electron chi connectivity index (χ1n) is 9.33. The average molecular weight is 469 g/mol. The minimum absolute atomic E-state index is 0.0170. The van der Waals surface area contributed by atoms with Crippen LogP contribution in [0.25, 0.3) is 0 Å². The molecule has 1 unspecified atom stereocenters. The number of aliphatic carboxylic acids is 1. The van der Waals surface area contributed by atoms with Crippen LogP contribution in [0, 0.1) is 14.9 Å². The van der Waals surface area contributed by atoms with E-state index in [1.165, 1.54) is 14.7 Å². The molecule has 3 atom stereocenters. The Morgan fingerprint density at radius 3 is 2.62 bits per heavy atom. The topological polar surface area (TPSA) is 58.9 Å². The van der Waals surface area contributed by atoms with E-state index in [0.717, 1.165) is 30.5 Å². The van der Waals surface area contributed by atoms with Crippen LogP contribution in [0.4, 0.5) is 0 Å². The highest BCUT2D eigenvalue weighted by molar-refractivity contribution is 14.1. The largest absolute Gasteiger partial charge is 0.481 e. The Hall–Kier alpha value is -1.11. The van der Waals surface area contributed by atoms with Crippen LogP contribution in [-0.4, -0.2) is 23.9 Å². The van der Waals surface area contributed by atoms with E-state index in [4.69, 9.17) is 4.84 Å². The molecule has 0 amide bonds. The predicted molar refractivity (Wildman–Crippen MR) is 112 cm³/mol. The standard InChI is InChI=1S/C21H28INO3/c1-12(2)13-9-14-15(10-16(13)22)20(3)7-6-8-21(4,19(24)25)18(20)11-17(14)23-26-5/h9-10,12,18H,6-8,11H2,1-5H3,(H,24,25)/t18?,20-,21-/m1/s1. The van der Waals surface area contributed by atoms with Crippen molar-refractivity contribution in [1.82, 2.24) is 0 Å². The molecule has 142 valence electrons. The van der Waals surface area contributed by atoms with Gasteiger partial charge in [-0.3, -0.25) is 4.79 Å². The summed E-state index contributed by atoms with van der Waals surface area (Å²) in [4.78, 5) is 17.3. The van der Waals surface area contributed by atoms with Crippen molar-refractivity contribution in [2.75, 3.05) is 7.11 Å². The highest BCUT2D eigenvalue weighted by Crippen LogP contribution is 2.57. The van der Waals surface area contributed by atoms with Crippen molar-refractivity contribution in [3.8, 4) is 0 Å². The fourth-order valence-electron chi connectivity index (χ4n) is 5.15. The van der Waals surface area contributed by atoms with Gasteiger partial charge in [0, 0.05) is 9.13 Å². The van der Waals surface area contributed by atoms with E-state index in [-0.39, 0.29) is 11.3 Å². The molecule has 0 aromatic heterocycles. The zero-order valence-corrected chi connectivity index (χ0v) is 18.4. The van der Waals surface area contributed by atoms with Crippen LogP contribution in [0.2, 0.25) is 0 Å². The predicted octanol–water partition coefficient (Wildman–Crippen LogP) is 5.32. The molecule has 1 saturated carbocycles. The Morgan fingerprint density at radius 2 is 2.04 bits per heavy atom. The highest BCUT2D eigenvalue weighted by Gasteiger charge is 2.56. The summed E-state index contributed by atoms with van der Waals surface area (Å²) < 4.78 is 1.25. The Bertz CT molecular complexity index is 773. The number of rotatable bonds is 3. The number of halogens is 1. The van der Waals surface area contributed by atoms with E-state index in [0.29, 0.717) is 12.3 Å². The van der Waals surface area contributed by atoms with Crippen LogP contribution >= 0.6 is 22.6 Å². The molecule has 0 aliphatic heterocycles. The van der Waals surface area contributed by atoms with Crippen molar-refractivity contribution in [3.05, 3.63) is 32.4 Å². The molecule has 1 aromatic carbocycles. The Balaban J connectivity index is 2.26. The number of oxime groups is 1. The number of benzene rings is 1. The smallest absolute Gasteiger partial charge is 0.309 e. The van der Waals surface area contributed by atoms with Crippen LogP contribution in [0.3, 0.4) is 0 Å². The van der Waals surface area contributed by atoms with Gasteiger partial charge in [-0.2, -0.15) is 0 Å². The number of carboxylic acids is 1. The Kier molecular flexibility index (Phi) is 5.14. The van der Waals surface area contributed by atoms with Gasteiger partial charge in [0.15, 0.2) is 0 Å². The van der Waals surface area contributed by atoms with Gasteiger partial charge in [0.05, 0.1) is 11.1 Å². The van der Waals surface area contributed by atoms with Gasteiger partial charge in [-0.1, -0.05) is 32.3 Å². The number of hydrogen-bond acceptors (Lipinski definition) is 3. The molecule has 5 heteroatoms. The molecule has 2 aliphatic carbocycles.